The van der Waals surface area contributed by atoms with Gasteiger partial charge in [0.1, 0.15) is 0 Å². The highest BCUT2D eigenvalue weighted by Crippen LogP contribution is 2.30. The van der Waals surface area contributed by atoms with Crippen molar-refractivity contribution in [2.24, 2.45) is 0 Å². The van der Waals surface area contributed by atoms with E-state index in [1.54, 1.807) is 0 Å². The molecule has 0 saturated carbocycles. The molecule has 0 atom stereocenters. The highest BCUT2D eigenvalue weighted by atomic mass is 16.1. The van der Waals surface area contributed by atoms with Crippen LogP contribution in [0.2, 0.25) is 0 Å². The number of ketones is 1. The molecule has 3 aromatic carbocycles. The lowest BCUT2D eigenvalue weighted by Gasteiger charge is -2.17. The second-order valence-electron chi connectivity index (χ2n) is 6.18. The number of fused-ring (bicyclic) bond motifs is 1. The van der Waals surface area contributed by atoms with E-state index in [9.17, 15) is 4.79 Å². The zero-order chi connectivity index (χ0) is 17.1. The van der Waals surface area contributed by atoms with Crippen molar-refractivity contribution in [1.82, 2.24) is 0 Å². The molecule has 1 aliphatic heterocycles. The molecule has 0 spiro atoms. The summed E-state index contributed by atoms with van der Waals surface area (Å²) in [7, 11) is 0. The zero-order valence-corrected chi connectivity index (χ0v) is 13.9. The number of carbonyl (C=O) groups is 1. The number of carbonyl (C=O) groups excluding carboxylic acids is 1. The van der Waals surface area contributed by atoms with Crippen LogP contribution >= 0.6 is 0 Å². The largest absolute Gasteiger partial charge is 0.347 e. The first kappa shape index (κ1) is 15.4. The lowest BCUT2D eigenvalue weighted by Crippen LogP contribution is -2.15. The normalized spacial score (nSPS) is 13.6. The number of hydrogen-bond acceptors (Lipinski definition) is 2. The minimum atomic E-state index is 0.0520. The van der Waals surface area contributed by atoms with Gasteiger partial charge in [0.25, 0.3) is 0 Å². The number of allylic oxidation sites excluding steroid dienone is 1. The Morgan fingerprint density at radius 2 is 1.36 bits per heavy atom. The minimum Gasteiger partial charge on any atom is -0.347 e. The van der Waals surface area contributed by atoms with Crippen molar-refractivity contribution in [3.63, 3.8) is 0 Å². The van der Waals surface area contributed by atoms with Gasteiger partial charge in [0.05, 0.1) is 0 Å². The fourth-order valence-corrected chi connectivity index (χ4v) is 3.28. The maximum atomic E-state index is 13.2. The molecule has 25 heavy (non-hydrogen) atoms. The second-order valence-corrected chi connectivity index (χ2v) is 6.18. The van der Waals surface area contributed by atoms with Gasteiger partial charge >= 0.3 is 0 Å². The van der Waals surface area contributed by atoms with Crippen molar-refractivity contribution in [3.05, 3.63) is 108 Å². The van der Waals surface area contributed by atoms with E-state index in [2.05, 4.69) is 23.1 Å². The summed E-state index contributed by atoms with van der Waals surface area (Å²) < 4.78 is 0. The molecule has 0 aliphatic carbocycles. The molecule has 1 heterocycles. The average Bonchev–Trinajstić information content (AvgIpc) is 3.10. The Balaban J connectivity index is 1.78. The molecule has 0 radical (unpaired) electrons. The first-order valence-electron chi connectivity index (χ1n) is 8.54. The van der Waals surface area contributed by atoms with Gasteiger partial charge in [-0.25, -0.2) is 0 Å². The van der Waals surface area contributed by atoms with E-state index in [1.165, 1.54) is 11.3 Å². The Labute approximate surface area is 148 Å². The fraction of sp³-hybridized carbons (Fsp3) is 0.0870. The molecule has 0 fully saturated rings. The molecule has 4 rings (SSSR count). The molecule has 0 aromatic heterocycles. The van der Waals surface area contributed by atoms with Gasteiger partial charge < -0.3 is 4.90 Å². The molecule has 1 aliphatic rings. The molecule has 0 N–H and O–H groups in total. The van der Waals surface area contributed by atoms with Crippen LogP contribution in [0.1, 0.15) is 21.5 Å². The highest BCUT2D eigenvalue weighted by Gasteiger charge is 2.20. The van der Waals surface area contributed by atoms with E-state index < -0.39 is 0 Å². The van der Waals surface area contributed by atoms with Gasteiger partial charge in [0.15, 0.2) is 5.78 Å². The van der Waals surface area contributed by atoms with Gasteiger partial charge in [-0.2, -0.15) is 0 Å². The van der Waals surface area contributed by atoms with Crippen molar-refractivity contribution in [1.29, 1.82) is 0 Å². The van der Waals surface area contributed by atoms with Crippen molar-refractivity contribution in [3.8, 4) is 0 Å². The monoisotopic (exact) mass is 325 g/mol. The van der Waals surface area contributed by atoms with Crippen LogP contribution < -0.4 is 4.90 Å². The molecular weight excluding hydrogens is 306 g/mol. The quantitative estimate of drug-likeness (QED) is 0.498. The van der Waals surface area contributed by atoms with Gasteiger partial charge in [-0.05, 0) is 23.6 Å². The third kappa shape index (κ3) is 3.11. The lowest BCUT2D eigenvalue weighted by molar-refractivity contribution is 0.105. The van der Waals surface area contributed by atoms with Crippen LogP contribution in [0.4, 0.5) is 5.69 Å². The summed E-state index contributed by atoms with van der Waals surface area (Å²) in [6, 6.07) is 27.8. The van der Waals surface area contributed by atoms with E-state index in [4.69, 9.17) is 0 Å². The molecule has 2 nitrogen and oxygen atoms in total. The Bertz CT molecular complexity index is 913. The molecule has 0 bridgehead atoms. The number of para-hydroxylation sites is 1. The summed E-state index contributed by atoms with van der Waals surface area (Å²) in [6.45, 7) is 0.901. The number of hydrogen-bond donors (Lipinski definition) is 0. The zero-order valence-electron chi connectivity index (χ0n) is 13.9. The maximum absolute atomic E-state index is 13.2. The van der Waals surface area contributed by atoms with Gasteiger partial charge in [-0.1, -0.05) is 78.9 Å². The minimum absolute atomic E-state index is 0.0520. The SMILES string of the molecule is O=C(/C(=C/N1CCc2ccccc21)c1ccccc1)c1ccccc1. The summed E-state index contributed by atoms with van der Waals surface area (Å²) in [5.41, 5.74) is 4.91. The number of benzene rings is 3. The Hall–Kier alpha value is -3.13. The summed E-state index contributed by atoms with van der Waals surface area (Å²) in [4.78, 5) is 15.3. The second kappa shape index (κ2) is 6.78. The number of nitrogens with zero attached hydrogens (tertiary/aromatic N) is 1. The molecule has 0 saturated heterocycles. The predicted molar refractivity (Wildman–Crippen MR) is 103 cm³/mol. The Morgan fingerprint density at radius 3 is 2.08 bits per heavy atom. The Kier molecular flexibility index (Phi) is 4.17. The highest BCUT2D eigenvalue weighted by molar-refractivity contribution is 6.29. The van der Waals surface area contributed by atoms with E-state index in [1.807, 2.05) is 72.9 Å². The number of rotatable bonds is 4. The first-order valence-corrected chi connectivity index (χ1v) is 8.54. The van der Waals surface area contributed by atoms with Crippen LogP contribution in [0.3, 0.4) is 0 Å². The molecule has 122 valence electrons. The summed E-state index contributed by atoms with van der Waals surface area (Å²) in [6.07, 6.45) is 3.02. The summed E-state index contributed by atoms with van der Waals surface area (Å²) in [5.74, 6) is 0.0520. The molecule has 3 aromatic rings. The van der Waals surface area contributed by atoms with Gasteiger partial charge in [0, 0.05) is 29.6 Å². The van der Waals surface area contributed by atoms with E-state index in [-0.39, 0.29) is 5.78 Å². The van der Waals surface area contributed by atoms with Crippen molar-refractivity contribution in [2.45, 2.75) is 6.42 Å². The molecule has 0 unspecified atom stereocenters. The Morgan fingerprint density at radius 1 is 0.760 bits per heavy atom. The lowest BCUT2D eigenvalue weighted by atomic mass is 9.97. The van der Waals surface area contributed by atoms with Crippen LogP contribution in [0.15, 0.2) is 91.1 Å². The molecular formula is C23H19NO. The van der Waals surface area contributed by atoms with E-state index in [0.29, 0.717) is 5.56 Å². The van der Waals surface area contributed by atoms with Crippen molar-refractivity contribution in [2.75, 3.05) is 11.4 Å². The van der Waals surface area contributed by atoms with Crippen LogP contribution in [0.25, 0.3) is 5.57 Å². The standard InChI is InChI=1S/C23H19NO/c25-23(20-12-5-2-6-13-20)21(18-9-3-1-4-10-18)17-24-16-15-19-11-7-8-14-22(19)24/h1-14,17H,15-16H2/b21-17+. The van der Waals surface area contributed by atoms with Gasteiger partial charge in [-0.15, -0.1) is 0 Å². The smallest absolute Gasteiger partial charge is 0.195 e. The van der Waals surface area contributed by atoms with Crippen LogP contribution in [-0.2, 0) is 6.42 Å². The van der Waals surface area contributed by atoms with E-state index in [0.717, 1.165) is 24.1 Å². The van der Waals surface area contributed by atoms with E-state index >= 15 is 0 Å². The third-order valence-electron chi connectivity index (χ3n) is 4.57. The average molecular weight is 325 g/mol. The predicted octanol–water partition coefficient (Wildman–Crippen LogP) is 4.97. The molecule has 2 heteroatoms. The van der Waals surface area contributed by atoms with Crippen molar-refractivity contribution < 1.29 is 4.79 Å². The maximum Gasteiger partial charge on any atom is 0.195 e. The van der Waals surface area contributed by atoms with Crippen LogP contribution in [-0.4, -0.2) is 12.3 Å². The molecule has 0 amide bonds. The van der Waals surface area contributed by atoms with Crippen molar-refractivity contribution >= 4 is 17.0 Å². The van der Waals surface area contributed by atoms with Gasteiger partial charge in [0.2, 0.25) is 0 Å². The topological polar surface area (TPSA) is 20.3 Å². The van der Waals surface area contributed by atoms with Crippen LogP contribution in [0.5, 0.6) is 0 Å². The first-order chi connectivity index (χ1) is 12.3. The number of anilines is 1. The fourth-order valence-electron chi connectivity index (χ4n) is 3.28. The number of Topliss-reactive ketones (excluding diaryl/α,β-unsaturated/α-hetero) is 1. The summed E-state index contributed by atoms with van der Waals surface area (Å²) in [5, 5.41) is 0. The van der Waals surface area contributed by atoms with Crippen LogP contribution in [0, 0.1) is 0 Å². The summed E-state index contributed by atoms with van der Waals surface area (Å²) >= 11 is 0. The van der Waals surface area contributed by atoms with Gasteiger partial charge in [-0.3, -0.25) is 4.79 Å². The third-order valence-corrected chi connectivity index (χ3v) is 4.57.